The second kappa shape index (κ2) is 5.26. The maximum atomic E-state index is 6.08. The van der Waals surface area contributed by atoms with E-state index in [9.17, 15) is 0 Å². The molecule has 1 aliphatic carbocycles. The third kappa shape index (κ3) is 2.98. The number of hydrogen-bond donors (Lipinski definition) is 1. The summed E-state index contributed by atoms with van der Waals surface area (Å²) in [6.07, 6.45) is 7.30. The molecule has 1 unspecified atom stereocenters. The first-order chi connectivity index (χ1) is 9.47. The molecule has 0 amide bonds. The maximum absolute atomic E-state index is 6.08. The lowest BCUT2D eigenvalue weighted by molar-refractivity contribution is -0.0767. The van der Waals surface area contributed by atoms with Crippen molar-refractivity contribution in [2.45, 2.75) is 76.4 Å². The van der Waals surface area contributed by atoms with Crippen LogP contribution in [0.5, 0.6) is 0 Å². The minimum absolute atomic E-state index is 0.0266. The zero-order valence-corrected chi connectivity index (χ0v) is 13.6. The summed E-state index contributed by atoms with van der Waals surface area (Å²) in [6.45, 7) is 7.34. The molecule has 0 aromatic carbocycles. The Labute approximate surface area is 125 Å². The largest absolute Gasteiger partial charge is 0.375 e. The van der Waals surface area contributed by atoms with Gasteiger partial charge in [0, 0.05) is 29.6 Å². The number of nitrogens with zero attached hydrogens (tertiary/aromatic N) is 2. The predicted octanol–water partition coefficient (Wildman–Crippen LogP) is 3.74. The van der Waals surface area contributed by atoms with Crippen LogP contribution < -0.4 is 5.32 Å². The van der Waals surface area contributed by atoms with E-state index in [1.54, 1.807) is 0 Å². The summed E-state index contributed by atoms with van der Waals surface area (Å²) in [7, 11) is 0. The van der Waals surface area contributed by atoms with E-state index in [2.05, 4.69) is 35.4 Å². The van der Waals surface area contributed by atoms with Gasteiger partial charge in [-0.1, -0.05) is 33.6 Å². The van der Waals surface area contributed by atoms with Crippen molar-refractivity contribution in [3.63, 3.8) is 0 Å². The molecule has 1 aromatic rings. The van der Waals surface area contributed by atoms with Gasteiger partial charge in [0.05, 0.1) is 5.60 Å². The molecule has 1 spiro atoms. The standard InChI is InChI=1S/C15H25N3OS/c1-14(2,3)12-17-13(20-18-12)16-11-6-9-19-15(10-11)7-4-5-8-15/h11H,4-10H2,1-3H3,(H,16,17,18). The molecule has 2 fully saturated rings. The highest BCUT2D eigenvalue weighted by molar-refractivity contribution is 7.09. The Balaban J connectivity index is 1.64. The van der Waals surface area contributed by atoms with Crippen LogP contribution in [-0.4, -0.2) is 27.6 Å². The maximum Gasteiger partial charge on any atom is 0.202 e. The van der Waals surface area contributed by atoms with Crippen molar-refractivity contribution in [1.82, 2.24) is 9.36 Å². The van der Waals surface area contributed by atoms with Crippen molar-refractivity contribution in [1.29, 1.82) is 0 Å². The van der Waals surface area contributed by atoms with E-state index in [1.807, 2.05) is 0 Å². The topological polar surface area (TPSA) is 47.0 Å². The van der Waals surface area contributed by atoms with Crippen LogP contribution in [0.15, 0.2) is 0 Å². The summed E-state index contributed by atoms with van der Waals surface area (Å²) in [5.41, 5.74) is 0.187. The molecule has 1 aromatic heterocycles. The van der Waals surface area contributed by atoms with E-state index < -0.39 is 0 Å². The van der Waals surface area contributed by atoms with Gasteiger partial charge >= 0.3 is 0 Å². The first-order valence-corrected chi connectivity index (χ1v) is 8.49. The second-order valence-corrected chi connectivity index (χ2v) is 8.00. The SMILES string of the molecule is CC(C)(C)c1nsc(NC2CCOC3(CCCC3)C2)n1. The Morgan fingerprint density at radius 1 is 1.30 bits per heavy atom. The van der Waals surface area contributed by atoms with Crippen molar-refractivity contribution in [2.24, 2.45) is 0 Å². The van der Waals surface area contributed by atoms with Crippen LogP contribution in [0.3, 0.4) is 0 Å². The van der Waals surface area contributed by atoms with Crippen LogP contribution in [0.25, 0.3) is 0 Å². The summed E-state index contributed by atoms with van der Waals surface area (Å²) < 4.78 is 10.6. The van der Waals surface area contributed by atoms with Gasteiger partial charge in [0.15, 0.2) is 0 Å². The summed E-state index contributed by atoms with van der Waals surface area (Å²) in [4.78, 5) is 4.65. The van der Waals surface area contributed by atoms with Crippen LogP contribution in [0, 0.1) is 0 Å². The van der Waals surface area contributed by atoms with Gasteiger partial charge < -0.3 is 10.1 Å². The average Bonchev–Trinajstić information content (AvgIpc) is 2.99. The molecule has 0 radical (unpaired) electrons. The molecule has 0 bridgehead atoms. The second-order valence-electron chi connectivity index (χ2n) is 7.25. The molecule has 2 heterocycles. The molecule has 1 aliphatic heterocycles. The molecule has 1 saturated carbocycles. The van der Waals surface area contributed by atoms with Crippen LogP contribution >= 0.6 is 11.5 Å². The monoisotopic (exact) mass is 295 g/mol. The Kier molecular flexibility index (Phi) is 3.75. The fourth-order valence-electron chi connectivity index (χ4n) is 3.28. The number of aromatic nitrogens is 2. The Morgan fingerprint density at radius 2 is 2.05 bits per heavy atom. The number of nitrogens with one attached hydrogen (secondary N) is 1. The molecule has 112 valence electrons. The minimum atomic E-state index is 0.0266. The Bertz CT molecular complexity index is 460. The van der Waals surface area contributed by atoms with Gasteiger partial charge in [-0.05, 0) is 25.7 Å². The van der Waals surface area contributed by atoms with Crippen molar-refractivity contribution >= 4 is 16.7 Å². The van der Waals surface area contributed by atoms with Gasteiger partial charge in [-0.3, -0.25) is 0 Å². The normalized spacial score (nSPS) is 26.1. The Hall–Kier alpha value is -0.680. The minimum Gasteiger partial charge on any atom is -0.375 e. The fourth-order valence-corrected chi connectivity index (χ4v) is 4.11. The predicted molar refractivity (Wildman–Crippen MR) is 82.4 cm³/mol. The van der Waals surface area contributed by atoms with Gasteiger partial charge in [0.1, 0.15) is 5.82 Å². The highest BCUT2D eigenvalue weighted by Gasteiger charge is 2.40. The van der Waals surface area contributed by atoms with Gasteiger partial charge in [-0.2, -0.15) is 4.37 Å². The van der Waals surface area contributed by atoms with Crippen molar-refractivity contribution in [2.75, 3.05) is 11.9 Å². The first kappa shape index (κ1) is 14.3. The molecule has 20 heavy (non-hydrogen) atoms. The van der Waals surface area contributed by atoms with Crippen molar-refractivity contribution in [3.05, 3.63) is 5.82 Å². The third-order valence-corrected chi connectivity index (χ3v) is 5.08. The highest BCUT2D eigenvalue weighted by atomic mass is 32.1. The van der Waals surface area contributed by atoms with Crippen LogP contribution in [0.4, 0.5) is 5.13 Å². The first-order valence-electron chi connectivity index (χ1n) is 7.72. The van der Waals surface area contributed by atoms with E-state index >= 15 is 0 Å². The van der Waals surface area contributed by atoms with Gasteiger partial charge in [-0.15, -0.1) is 0 Å². The summed E-state index contributed by atoms with van der Waals surface area (Å²) >= 11 is 1.49. The summed E-state index contributed by atoms with van der Waals surface area (Å²) in [5, 5.41) is 4.56. The van der Waals surface area contributed by atoms with E-state index in [0.717, 1.165) is 30.4 Å². The van der Waals surface area contributed by atoms with Crippen LogP contribution in [0.1, 0.15) is 65.1 Å². The van der Waals surface area contributed by atoms with Crippen LogP contribution in [0.2, 0.25) is 0 Å². The van der Waals surface area contributed by atoms with E-state index in [-0.39, 0.29) is 11.0 Å². The molecule has 1 atom stereocenters. The quantitative estimate of drug-likeness (QED) is 0.903. The highest BCUT2D eigenvalue weighted by Crippen LogP contribution is 2.40. The number of anilines is 1. The zero-order valence-electron chi connectivity index (χ0n) is 12.7. The lowest BCUT2D eigenvalue weighted by Crippen LogP contribution is -2.42. The molecule has 1 N–H and O–H groups in total. The average molecular weight is 295 g/mol. The third-order valence-electron chi connectivity index (χ3n) is 4.43. The molecule has 2 aliphatic rings. The van der Waals surface area contributed by atoms with E-state index in [1.165, 1.54) is 37.2 Å². The summed E-state index contributed by atoms with van der Waals surface area (Å²) in [5.74, 6) is 0.938. The number of rotatable bonds is 2. The summed E-state index contributed by atoms with van der Waals surface area (Å²) in [6, 6.07) is 0.489. The molecular formula is C15H25N3OS. The lowest BCUT2D eigenvalue weighted by Gasteiger charge is -2.38. The number of hydrogen-bond acceptors (Lipinski definition) is 5. The molecule has 3 rings (SSSR count). The van der Waals surface area contributed by atoms with Gasteiger partial charge in [0.2, 0.25) is 5.13 Å². The fraction of sp³-hybridized carbons (Fsp3) is 0.867. The van der Waals surface area contributed by atoms with E-state index in [0.29, 0.717) is 6.04 Å². The molecular weight excluding hydrogens is 270 g/mol. The smallest absolute Gasteiger partial charge is 0.202 e. The van der Waals surface area contributed by atoms with Crippen LogP contribution in [-0.2, 0) is 10.2 Å². The zero-order chi connectivity index (χ0) is 14.2. The lowest BCUT2D eigenvalue weighted by atomic mass is 9.89. The number of ether oxygens (including phenoxy) is 1. The van der Waals surface area contributed by atoms with Gasteiger partial charge in [-0.25, -0.2) is 4.98 Å². The van der Waals surface area contributed by atoms with E-state index in [4.69, 9.17) is 4.74 Å². The molecule has 4 nitrogen and oxygen atoms in total. The Morgan fingerprint density at radius 3 is 2.70 bits per heavy atom. The van der Waals surface area contributed by atoms with Crippen molar-refractivity contribution < 1.29 is 4.74 Å². The molecule has 1 saturated heterocycles. The molecule has 5 heteroatoms. The van der Waals surface area contributed by atoms with Crippen molar-refractivity contribution in [3.8, 4) is 0 Å². The van der Waals surface area contributed by atoms with Gasteiger partial charge in [0.25, 0.3) is 0 Å².